The molecule has 2 amide bonds. The van der Waals surface area contributed by atoms with Crippen LogP contribution in [-0.4, -0.2) is 24.9 Å². The molecule has 0 aliphatic carbocycles. The van der Waals surface area contributed by atoms with Crippen LogP contribution in [0.5, 0.6) is 0 Å². The Morgan fingerprint density at radius 1 is 0.292 bits per heavy atom. The maximum atomic E-state index is 15.2. The number of benzene rings is 2. The van der Waals surface area contributed by atoms with Crippen LogP contribution in [0.1, 0.15) is 321 Å². The Balaban J connectivity index is 1.45. The average Bonchev–Trinajstić information content (AvgIpc) is 3.82. The van der Waals surface area contributed by atoms with E-state index in [-0.39, 0.29) is 11.8 Å². The summed E-state index contributed by atoms with van der Waals surface area (Å²) in [6, 6.07) is 16.9. The molecule has 72 heavy (non-hydrogen) atoms. The van der Waals surface area contributed by atoms with Gasteiger partial charge < -0.3 is 9.80 Å². The van der Waals surface area contributed by atoms with Crippen LogP contribution in [0.3, 0.4) is 0 Å². The summed E-state index contributed by atoms with van der Waals surface area (Å²) in [4.78, 5) is 34.6. The van der Waals surface area contributed by atoms with Gasteiger partial charge in [0.2, 0.25) is 0 Å². The lowest BCUT2D eigenvalue weighted by molar-refractivity contribution is -0.114. The molecule has 2 aliphatic heterocycles. The molecule has 2 aromatic rings. The Morgan fingerprint density at radius 3 is 0.736 bits per heavy atom. The van der Waals surface area contributed by atoms with Crippen LogP contribution >= 0.6 is 0 Å². The zero-order valence-electron chi connectivity index (χ0n) is 48.0. The number of nitrogens with zero attached hydrogens (tertiary/aromatic N) is 2. The van der Waals surface area contributed by atoms with E-state index in [9.17, 15) is 0 Å². The van der Waals surface area contributed by atoms with Gasteiger partial charge >= 0.3 is 0 Å². The van der Waals surface area contributed by atoms with E-state index in [0.717, 1.165) is 35.6 Å². The van der Waals surface area contributed by atoms with E-state index >= 15 is 9.59 Å². The third-order valence-electron chi connectivity index (χ3n) is 16.8. The first-order valence-corrected chi connectivity index (χ1v) is 32.1. The molecule has 4 rings (SSSR count). The van der Waals surface area contributed by atoms with E-state index in [1.54, 1.807) is 0 Å². The van der Waals surface area contributed by atoms with Crippen molar-refractivity contribution in [1.82, 2.24) is 0 Å². The first-order chi connectivity index (χ1) is 35.5. The van der Waals surface area contributed by atoms with E-state index in [4.69, 9.17) is 0 Å². The molecule has 0 unspecified atom stereocenters. The lowest BCUT2D eigenvalue weighted by atomic mass is 9.93. The van der Waals surface area contributed by atoms with Crippen molar-refractivity contribution in [2.75, 3.05) is 22.9 Å². The number of rotatable bonds is 48. The first kappa shape index (κ1) is 61.7. The topological polar surface area (TPSA) is 40.6 Å². The Morgan fingerprint density at radius 2 is 0.500 bits per heavy atom. The number of amides is 2. The highest BCUT2D eigenvalue weighted by Gasteiger charge is 2.42. The lowest BCUT2D eigenvalue weighted by Gasteiger charge is -2.25. The standard InChI is InChI=1S/C68H114N2O2/c1-5-9-13-17-21-25-29-33-37-41-49-59(50-42-38-34-30-26-22-18-14-10-6-2)57-69-63-55-47-45-53-61(63)65(67(69)71)66-62-54-46-48-56-64(62)70(68(66)72)58-60(51-43-39-35-31-27-23-19-15-11-7-3)52-44-40-36-32-28-24-20-16-12-8-4/h45-48,53-56,59-60H,5-44,49-52,57-58H2,1-4H3/b66-65-. The van der Waals surface area contributed by atoms with Gasteiger partial charge in [-0.05, 0) is 49.7 Å². The maximum absolute atomic E-state index is 15.2. The Bertz CT molecular complexity index is 1540. The van der Waals surface area contributed by atoms with Gasteiger partial charge in [0.05, 0.1) is 22.5 Å². The number of anilines is 2. The molecule has 2 heterocycles. The quantitative estimate of drug-likeness (QED) is 0.0490. The summed E-state index contributed by atoms with van der Waals surface area (Å²) in [6.07, 6.45) is 58.7. The predicted molar refractivity (Wildman–Crippen MR) is 317 cm³/mol. The molecule has 0 saturated carbocycles. The normalized spacial score (nSPS) is 14.5. The Kier molecular flexibility index (Phi) is 34.6. The molecule has 0 aromatic heterocycles. The molecule has 2 aliphatic rings. The summed E-state index contributed by atoms with van der Waals surface area (Å²) in [5.41, 5.74) is 5.19. The minimum atomic E-state index is 0.0413. The number of fused-ring (bicyclic) bond motifs is 2. The van der Waals surface area contributed by atoms with Crippen molar-refractivity contribution in [3.63, 3.8) is 0 Å². The van der Waals surface area contributed by atoms with Crippen molar-refractivity contribution in [3.8, 4) is 0 Å². The van der Waals surface area contributed by atoms with Crippen LogP contribution in [0.2, 0.25) is 0 Å². The highest BCUT2D eigenvalue weighted by atomic mass is 16.2. The molecule has 2 aromatic carbocycles. The number of hydrogen-bond acceptors (Lipinski definition) is 2. The van der Waals surface area contributed by atoms with E-state index in [1.165, 1.54) is 283 Å². The molecule has 0 bridgehead atoms. The largest absolute Gasteiger partial charge is 0.307 e. The molecule has 0 N–H and O–H groups in total. The van der Waals surface area contributed by atoms with Gasteiger partial charge in [-0.1, -0.05) is 321 Å². The molecule has 0 saturated heterocycles. The van der Waals surface area contributed by atoms with Gasteiger partial charge in [0.25, 0.3) is 11.8 Å². The van der Waals surface area contributed by atoms with Gasteiger partial charge in [-0.25, -0.2) is 0 Å². The predicted octanol–water partition coefficient (Wildman–Crippen LogP) is 21.8. The summed E-state index contributed by atoms with van der Waals surface area (Å²) in [6.45, 7) is 10.7. The van der Waals surface area contributed by atoms with Gasteiger partial charge in [0.15, 0.2) is 0 Å². The molecular weight excluding hydrogens is 877 g/mol. The molecule has 4 nitrogen and oxygen atoms in total. The Hall–Kier alpha value is -2.88. The van der Waals surface area contributed by atoms with Crippen molar-refractivity contribution in [2.24, 2.45) is 11.8 Å². The molecular formula is C68H114N2O2. The number of unbranched alkanes of at least 4 members (excludes halogenated alkanes) is 36. The third kappa shape index (κ3) is 23.8. The molecule has 0 atom stereocenters. The summed E-state index contributed by atoms with van der Waals surface area (Å²) >= 11 is 0. The molecule has 408 valence electrons. The van der Waals surface area contributed by atoms with Crippen molar-refractivity contribution in [3.05, 3.63) is 59.7 Å². The van der Waals surface area contributed by atoms with Crippen molar-refractivity contribution >= 4 is 34.3 Å². The first-order valence-electron chi connectivity index (χ1n) is 32.1. The number of hydrogen-bond donors (Lipinski definition) is 0. The van der Waals surface area contributed by atoms with Crippen molar-refractivity contribution in [2.45, 2.75) is 310 Å². The monoisotopic (exact) mass is 991 g/mol. The smallest absolute Gasteiger partial charge is 0.259 e. The fourth-order valence-electron chi connectivity index (χ4n) is 12.3. The van der Waals surface area contributed by atoms with Crippen LogP contribution in [0.4, 0.5) is 11.4 Å². The SMILES string of the molecule is CCCCCCCCCCCCC(CCCCCCCCCCCC)CN1C(=O)/C(=C2\C(=O)N(CC(CCCCCCCCCCCC)CCCCCCCCCCCC)c3ccccc32)c2ccccc21. The van der Waals surface area contributed by atoms with Crippen LogP contribution in [0.25, 0.3) is 11.1 Å². The highest BCUT2D eigenvalue weighted by Crippen LogP contribution is 2.47. The van der Waals surface area contributed by atoms with E-state index in [2.05, 4.69) is 86.0 Å². The van der Waals surface area contributed by atoms with Crippen LogP contribution in [0, 0.1) is 11.8 Å². The summed E-state index contributed by atoms with van der Waals surface area (Å²) in [5, 5.41) is 0. The summed E-state index contributed by atoms with van der Waals surface area (Å²) in [7, 11) is 0. The fraction of sp³-hybridized carbons (Fsp3) is 0.765. The maximum Gasteiger partial charge on any atom is 0.259 e. The third-order valence-corrected chi connectivity index (χ3v) is 16.8. The van der Waals surface area contributed by atoms with E-state index < -0.39 is 0 Å². The second kappa shape index (κ2) is 40.4. The lowest BCUT2D eigenvalue weighted by Crippen LogP contribution is -2.34. The summed E-state index contributed by atoms with van der Waals surface area (Å²) < 4.78 is 0. The van der Waals surface area contributed by atoms with Gasteiger partial charge in [0, 0.05) is 24.2 Å². The highest BCUT2D eigenvalue weighted by molar-refractivity contribution is 6.49. The second-order valence-electron chi connectivity index (χ2n) is 23.2. The number of para-hydroxylation sites is 2. The fourth-order valence-corrected chi connectivity index (χ4v) is 12.3. The van der Waals surface area contributed by atoms with Gasteiger partial charge in [-0.15, -0.1) is 0 Å². The molecule has 4 heteroatoms. The number of carbonyl (C=O) groups excluding carboxylic acids is 2. The van der Waals surface area contributed by atoms with Crippen molar-refractivity contribution < 1.29 is 9.59 Å². The molecule has 0 spiro atoms. The van der Waals surface area contributed by atoms with Crippen molar-refractivity contribution in [1.29, 1.82) is 0 Å². The van der Waals surface area contributed by atoms with Crippen LogP contribution in [-0.2, 0) is 9.59 Å². The minimum absolute atomic E-state index is 0.0413. The number of carbonyl (C=O) groups is 2. The van der Waals surface area contributed by atoms with Gasteiger partial charge in [-0.2, -0.15) is 0 Å². The van der Waals surface area contributed by atoms with Gasteiger partial charge in [0.1, 0.15) is 0 Å². The van der Waals surface area contributed by atoms with Crippen LogP contribution < -0.4 is 9.80 Å². The zero-order valence-corrected chi connectivity index (χ0v) is 48.0. The molecule has 0 radical (unpaired) electrons. The van der Waals surface area contributed by atoms with Crippen LogP contribution in [0.15, 0.2) is 48.5 Å². The Labute approximate surface area is 446 Å². The van der Waals surface area contributed by atoms with Gasteiger partial charge in [-0.3, -0.25) is 9.59 Å². The average molecular weight is 992 g/mol. The minimum Gasteiger partial charge on any atom is -0.307 e. The zero-order chi connectivity index (χ0) is 51.1. The van der Waals surface area contributed by atoms with E-state index in [1.807, 2.05) is 0 Å². The van der Waals surface area contributed by atoms with E-state index in [0.29, 0.717) is 23.0 Å². The molecule has 0 fully saturated rings. The summed E-state index contributed by atoms with van der Waals surface area (Å²) in [5.74, 6) is 1.02. The second-order valence-corrected chi connectivity index (χ2v) is 23.2.